The van der Waals surface area contributed by atoms with Crippen LogP contribution in [0.5, 0.6) is 5.88 Å². The summed E-state index contributed by atoms with van der Waals surface area (Å²) in [5, 5.41) is 9.49. The summed E-state index contributed by atoms with van der Waals surface area (Å²) in [7, 11) is 0. The van der Waals surface area contributed by atoms with Gasteiger partial charge in [-0.3, -0.25) is 0 Å². The zero-order valence-corrected chi connectivity index (χ0v) is 14.9. The van der Waals surface area contributed by atoms with Crippen molar-refractivity contribution in [2.75, 3.05) is 18.1 Å². The second kappa shape index (κ2) is 8.49. The van der Waals surface area contributed by atoms with Crippen molar-refractivity contribution in [2.45, 2.75) is 25.2 Å². The lowest BCUT2D eigenvalue weighted by Gasteiger charge is -2.26. The first-order chi connectivity index (χ1) is 12.9. The Kier molecular flexibility index (Phi) is 6.08. The van der Waals surface area contributed by atoms with E-state index in [9.17, 15) is 13.6 Å². The molecule has 1 aliphatic heterocycles. The number of rotatable bonds is 7. The van der Waals surface area contributed by atoms with Crippen LogP contribution < -0.4 is 9.64 Å². The number of hydrogen-bond donors (Lipinski definition) is 1. The molecular weight excluding hydrogens is 382 g/mol. The summed E-state index contributed by atoms with van der Waals surface area (Å²) in [6.45, 7) is -2.61. The predicted octanol–water partition coefficient (Wildman–Crippen LogP) is 3.70. The SMILES string of the molecule is O=C(O)c1ccc(N2C[C@@H](Oc3ccc(Cl)cn3)C[C@H]2COC(F)F)cc1. The molecule has 0 unspecified atom stereocenters. The fourth-order valence-electron chi connectivity index (χ4n) is 3.02. The Morgan fingerprint density at radius 1 is 1.30 bits per heavy atom. The lowest BCUT2D eigenvalue weighted by atomic mass is 10.1. The summed E-state index contributed by atoms with van der Waals surface area (Å²) in [6, 6.07) is 9.17. The van der Waals surface area contributed by atoms with Crippen LogP contribution in [-0.2, 0) is 4.74 Å². The Labute approximate surface area is 159 Å². The lowest BCUT2D eigenvalue weighted by molar-refractivity contribution is -0.131. The van der Waals surface area contributed by atoms with E-state index in [0.29, 0.717) is 29.6 Å². The molecule has 1 N–H and O–H groups in total. The number of aromatic carboxylic acids is 1. The Morgan fingerprint density at radius 2 is 2.04 bits per heavy atom. The molecular formula is C18H17ClF2N2O4. The van der Waals surface area contributed by atoms with E-state index >= 15 is 0 Å². The summed E-state index contributed by atoms with van der Waals surface area (Å²) in [5.41, 5.74) is 0.856. The van der Waals surface area contributed by atoms with Crippen LogP contribution in [0.15, 0.2) is 42.6 Å². The van der Waals surface area contributed by atoms with E-state index in [0.717, 1.165) is 0 Å². The van der Waals surface area contributed by atoms with Crippen LogP contribution in [0.1, 0.15) is 16.8 Å². The van der Waals surface area contributed by atoms with Gasteiger partial charge in [0.1, 0.15) is 6.10 Å². The van der Waals surface area contributed by atoms with E-state index in [1.807, 2.05) is 4.90 Å². The van der Waals surface area contributed by atoms with Gasteiger partial charge in [0.25, 0.3) is 0 Å². The lowest BCUT2D eigenvalue weighted by Crippen LogP contribution is -2.34. The number of aromatic nitrogens is 1. The van der Waals surface area contributed by atoms with Crippen molar-refractivity contribution in [1.82, 2.24) is 4.98 Å². The number of carbonyl (C=O) groups is 1. The van der Waals surface area contributed by atoms with Gasteiger partial charge in [-0.1, -0.05) is 11.6 Å². The minimum atomic E-state index is -2.86. The van der Waals surface area contributed by atoms with Crippen molar-refractivity contribution >= 4 is 23.3 Å². The standard InChI is InChI=1S/C18H17ClF2N2O4/c19-12-3-6-16(22-8-12)27-15-7-14(10-26-18(20)21)23(9-15)13-4-1-11(2-5-13)17(24)25/h1-6,8,14-15,18H,7,9-10H2,(H,24,25)/t14-,15-/m0/s1. The zero-order valence-electron chi connectivity index (χ0n) is 14.1. The number of carboxylic acids is 1. The summed E-state index contributed by atoms with van der Waals surface area (Å²) in [6.07, 6.45) is 1.63. The topological polar surface area (TPSA) is 71.9 Å². The number of pyridine rings is 1. The predicted molar refractivity (Wildman–Crippen MR) is 94.8 cm³/mol. The maximum absolute atomic E-state index is 12.5. The highest BCUT2D eigenvalue weighted by Crippen LogP contribution is 2.29. The highest BCUT2D eigenvalue weighted by molar-refractivity contribution is 6.30. The number of alkyl halides is 2. The van der Waals surface area contributed by atoms with E-state index in [-0.39, 0.29) is 24.3 Å². The molecule has 0 amide bonds. The summed E-state index contributed by atoms with van der Waals surface area (Å²) >= 11 is 5.80. The molecule has 144 valence electrons. The van der Waals surface area contributed by atoms with Crippen molar-refractivity contribution in [1.29, 1.82) is 0 Å². The van der Waals surface area contributed by atoms with Crippen LogP contribution in [0, 0.1) is 0 Å². The Morgan fingerprint density at radius 3 is 2.63 bits per heavy atom. The number of carboxylic acid groups (broad SMARTS) is 1. The molecule has 0 saturated carbocycles. The van der Waals surface area contributed by atoms with Crippen molar-refractivity contribution in [3.63, 3.8) is 0 Å². The molecule has 0 spiro atoms. The van der Waals surface area contributed by atoms with Gasteiger partial charge in [-0.2, -0.15) is 8.78 Å². The van der Waals surface area contributed by atoms with Gasteiger partial charge in [-0.05, 0) is 30.3 Å². The van der Waals surface area contributed by atoms with Crippen LogP contribution in [0.4, 0.5) is 14.5 Å². The van der Waals surface area contributed by atoms with Crippen molar-refractivity contribution in [3.05, 3.63) is 53.2 Å². The van der Waals surface area contributed by atoms with E-state index < -0.39 is 12.6 Å². The molecule has 3 rings (SSSR count). The third-order valence-corrected chi connectivity index (χ3v) is 4.45. The number of nitrogens with zero attached hydrogens (tertiary/aromatic N) is 2. The van der Waals surface area contributed by atoms with E-state index in [1.54, 1.807) is 24.3 Å². The van der Waals surface area contributed by atoms with Crippen LogP contribution in [0.3, 0.4) is 0 Å². The Balaban J connectivity index is 1.74. The molecule has 0 bridgehead atoms. The summed E-state index contributed by atoms with van der Waals surface area (Å²) in [5.74, 6) is -0.642. The quantitative estimate of drug-likeness (QED) is 0.766. The molecule has 2 heterocycles. The van der Waals surface area contributed by atoms with E-state index in [4.69, 9.17) is 21.4 Å². The fraction of sp³-hybridized carbons (Fsp3) is 0.333. The van der Waals surface area contributed by atoms with Crippen LogP contribution >= 0.6 is 11.6 Å². The Bertz CT molecular complexity index is 774. The van der Waals surface area contributed by atoms with Gasteiger partial charge in [-0.15, -0.1) is 0 Å². The fourth-order valence-corrected chi connectivity index (χ4v) is 3.13. The summed E-state index contributed by atoms with van der Waals surface area (Å²) < 4.78 is 35.3. The largest absolute Gasteiger partial charge is 0.478 e. The normalized spacial score (nSPS) is 19.5. The first kappa shape index (κ1) is 19.3. The van der Waals surface area contributed by atoms with Crippen molar-refractivity contribution in [2.24, 2.45) is 0 Å². The average molecular weight is 399 g/mol. The Hall–Kier alpha value is -2.45. The number of hydrogen-bond acceptors (Lipinski definition) is 5. The van der Waals surface area contributed by atoms with Crippen molar-refractivity contribution < 1.29 is 28.2 Å². The molecule has 1 aromatic heterocycles. The first-order valence-corrected chi connectivity index (χ1v) is 8.58. The highest BCUT2D eigenvalue weighted by atomic mass is 35.5. The smallest absolute Gasteiger partial charge is 0.345 e. The molecule has 2 atom stereocenters. The van der Waals surface area contributed by atoms with Gasteiger partial charge < -0.3 is 19.5 Å². The molecule has 6 nitrogen and oxygen atoms in total. The van der Waals surface area contributed by atoms with Gasteiger partial charge in [-0.25, -0.2) is 9.78 Å². The third-order valence-electron chi connectivity index (χ3n) is 4.22. The maximum Gasteiger partial charge on any atom is 0.345 e. The average Bonchev–Trinajstić information content (AvgIpc) is 3.04. The molecule has 0 radical (unpaired) electrons. The number of ether oxygens (including phenoxy) is 2. The van der Waals surface area contributed by atoms with Gasteiger partial charge in [0.15, 0.2) is 0 Å². The molecule has 1 aromatic carbocycles. The van der Waals surface area contributed by atoms with Crippen molar-refractivity contribution in [3.8, 4) is 5.88 Å². The minimum Gasteiger partial charge on any atom is -0.478 e. The summed E-state index contributed by atoms with van der Waals surface area (Å²) in [4.78, 5) is 17.0. The monoisotopic (exact) mass is 398 g/mol. The molecule has 1 saturated heterocycles. The molecule has 9 heteroatoms. The van der Waals surface area contributed by atoms with Crippen LogP contribution in [0.2, 0.25) is 5.02 Å². The molecule has 1 aliphatic rings. The molecule has 1 fully saturated rings. The second-order valence-electron chi connectivity index (χ2n) is 6.04. The van der Waals surface area contributed by atoms with E-state index in [1.165, 1.54) is 18.3 Å². The van der Waals surface area contributed by atoms with Crippen LogP contribution in [0.25, 0.3) is 0 Å². The van der Waals surface area contributed by atoms with Gasteiger partial charge >= 0.3 is 12.6 Å². The van der Waals surface area contributed by atoms with Gasteiger partial charge in [0.05, 0.1) is 29.8 Å². The van der Waals surface area contributed by atoms with Gasteiger partial charge in [0, 0.05) is 24.4 Å². The highest BCUT2D eigenvalue weighted by Gasteiger charge is 2.34. The van der Waals surface area contributed by atoms with Gasteiger partial charge in [0.2, 0.25) is 5.88 Å². The molecule has 2 aromatic rings. The maximum atomic E-state index is 12.5. The number of anilines is 1. The number of benzene rings is 1. The number of halogens is 3. The first-order valence-electron chi connectivity index (χ1n) is 8.20. The minimum absolute atomic E-state index is 0.150. The molecule has 27 heavy (non-hydrogen) atoms. The third kappa shape index (κ3) is 5.05. The zero-order chi connectivity index (χ0) is 19.4. The van der Waals surface area contributed by atoms with E-state index in [2.05, 4.69) is 9.72 Å². The molecule has 0 aliphatic carbocycles. The second-order valence-corrected chi connectivity index (χ2v) is 6.48. The van der Waals surface area contributed by atoms with Crippen LogP contribution in [-0.4, -0.2) is 48.0 Å².